The van der Waals surface area contributed by atoms with Gasteiger partial charge in [0.2, 0.25) is 5.91 Å². The van der Waals surface area contributed by atoms with Crippen molar-refractivity contribution in [2.45, 2.75) is 50.3 Å². The van der Waals surface area contributed by atoms with Gasteiger partial charge in [-0.05, 0) is 49.3 Å². The summed E-state index contributed by atoms with van der Waals surface area (Å²) in [5.74, 6) is 0.300. The second kappa shape index (κ2) is 7.41. The monoisotopic (exact) mass is 320 g/mol. The Bertz CT molecular complexity index is 522. The fourth-order valence-corrected chi connectivity index (χ4v) is 3.90. The van der Waals surface area contributed by atoms with Crippen molar-refractivity contribution in [2.24, 2.45) is 5.92 Å². The van der Waals surface area contributed by atoms with Crippen LogP contribution < -0.4 is 10.6 Å². The lowest BCUT2D eigenvalue weighted by molar-refractivity contribution is -0.122. The number of halogens is 1. The summed E-state index contributed by atoms with van der Waals surface area (Å²) in [6.07, 6.45) is 5.06. The molecule has 0 aliphatic carbocycles. The average molecular weight is 320 g/mol. The third-order valence-corrected chi connectivity index (χ3v) is 5.06. The van der Waals surface area contributed by atoms with E-state index in [2.05, 4.69) is 10.6 Å². The Kier molecular flexibility index (Phi) is 5.28. The van der Waals surface area contributed by atoms with Crippen LogP contribution in [0.1, 0.15) is 43.8 Å². The van der Waals surface area contributed by atoms with Gasteiger partial charge in [0, 0.05) is 32.2 Å². The summed E-state index contributed by atoms with van der Waals surface area (Å²) in [7, 11) is 1.60. The van der Waals surface area contributed by atoms with Crippen molar-refractivity contribution in [2.75, 3.05) is 13.7 Å². The number of nitrogens with one attached hydrogen (secondary N) is 2. The lowest BCUT2D eigenvalue weighted by Crippen LogP contribution is -2.40. The van der Waals surface area contributed by atoms with Gasteiger partial charge >= 0.3 is 0 Å². The zero-order chi connectivity index (χ0) is 16.2. The van der Waals surface area contributed by atoms with Crippen LogP contribution in [0.4, 0.5) is 4.39 Å². The molecule has 1 amide bonds. The normalized spacial score (nSPS) is 27.7. The number of carbonyl (C=O) groups is 1. The summed E-state index contributed by atoms with van der Waals surface area (Å²) >= 11 is 0. The van der Waals surface area contributed by atoms with Gasteiger partial charge in [0.15, 0.2) is 0 Å². The van der Waals surface area contributed by atoms with Crippen LogP contribution in [0.15, 0.2) is 24.3 Å². The topological polar surface area (TPSA) is 50.4 Å². The van der Waals surface area contributed by atoms with Gasteiger partial charge in [0.25, 0.3) is 0 Å². The van der Waals surface area contributed by atoms with E-state index in [0.717, 1.165) is 18.4 Å². The number of benzene rings is 1. The molecule has 2 heterocycles. The Morgan fingerprint density at radius 2 is 1.96 bits per heavy atom. The highest BCUT2D eigenvalue weighted by molar-refractivity contribution is 5.76. The number of rotatable bonds is 6. The Morgan fingerprint density at radius 3 is 2.57 bits per heavy atom. The minimum Gasteiger partial charge on any atom is -0.375 e. The SMILES string of the molecule is COC(CNC(=O)CC1CC2CCC(C1)N2)c1ccc(F)cc1. The van der Waals surface area contributed by atoms with Gasteiger partial charge in [0.05, 0.1) is 6.10 Å². The molecule has 1 aromatic carbocycles. The fraction of sp³-hybridized carbons (Fsp3) is 0.611. The van der Waals surface area contributed by atoms with Gasteiger partial charge in [-0.15, -0.1) is 0 Å². The van der Waals surface area contributed by atoms with Crippen LogP contribution in [0.5, 0.6) is 0 Å². The Morgan fingerprint density at radius 1 is 1.30 bits per heavy atom. The van der Waals surface area contributed by atoms with Crippen LogP contribution in [0, 0.1) is 11.7 Å². The van der Waals surface area contributed by atoms with E-state index in [9.17, 15) is 9.18 Å². The number of ether oxygens (including phenoxy) is 1. The highest BCUT2D eigenvalue weighted by Crippen LogP contribution is 2.32. The van der Waals surface area contributed by atoms with Crippen LogP contribution in [-0.4, -0.2) is 31.6 Å². The Labute approximate surface area is 136 Å². The molecule has 3 unspecified atom stereocenters. The molecule has 2 fully saturated rings. The predicted molar refractivity (Wildman–Crippen MR) is 86.4 cm³/mol. The van der Waals surface area contributed by atoms with Crippen molar-refractivity contribution in [1.82, 2.24) is 10.6 Å². The highest BCUT2D eigenvalue weighted by Gasteiger charge is 2.34. The number of methoxy groups -OCH3 is 1. The molecule has 0 radical (unpaired) electrons. The van der Waals surface area contributed by atoms with Crippen molar-refractivity contribution in [3.05, 3.63) is 35.6 Å². The molecule has 0 saturated carbocycles. The summed E-state index contributed by atoms with van der Waals surface area (Å²) in [6.45, 7) is 0.415. The van der Waals surface area contributed by atoms with Crippen LogP contribution in [0.3, 0.4) is 0 Å². The van der Waals surface area contributed by atoms with Crippen LogP contribution in [-0.2, 0) is 9.53 Å². The second-order valence-corrected chi connectivity index (χ2v) is 6.76. The lowest BCUT2D eigenvalue weighted by Gasteiger charge is -2.28. The molecule has 2 bridgehead atoms. The lowest BCUT2D eigenvalue weighted by atomic mass is 9.89. The minimum atomic E-state index is -0.270. The van der Waals surface area contributed by atoms with E-state index in [1.807, 2.05) is 0 Å². The van der Waals surface area contributed by atoms with Crippen LogP contribution in [0.2, 0.25) is 0 Å². The summed E-state index contributed by atoms with van der Waals surface area (Å²) < 4.78 is 18.4. The molecule has 2 N–H and O–H groups in total. The molecular formula is C18H25FN2O2. The maximum atomic E-state index is 13.0. The number of hydrogen-bond donors (Lipinski definition) is 2. The quantitative estimate of drug-likeness (QED) is 0.847. The minimum absolute atomic E-state index is 0.0838. The molecule has 2 aliphatic heterocycles. The molecule has 1 aromatic rings. The molecule has 0 spiro atoms. The van der Waals surface area contributed by atoms with Crippen molar-refractivity contribution < 1.29 is 13.9 Å². The third kappa shape index (κ3) is 4.30. The van der Waals surface area contributed by atoms with Gasteiger partial charge in [-0.25, -0.2) is 4.39 Å². The molecule has 2 aliphatic rings. The number of amides is 1. The molecule has 3 rings (SSSR count). The molecular weight excluding hydrogens is 295 g/mol. The average Bonchev–Trinajstić information content (AvgIpc) is 2.88. The summed E-state index contributed by atoms with van der Waals surface area (Å²) in [6, 6.07) is 7.43. The first kappa shape index (κ1) is 16.4. The van der Waals surface area contributed by atoms with Crippen LogP contribution >= 0.6 is 0 Å². The van der Waals surface area contributed by atoms with E-state index >= 15 is 0 Å². The van der Waals surface area contributed by atoms with Gasteiger partial charge in [-0.2, -0.15) is 0 Å². The zero-order valence-electron chi connectivity index (χ0n) is 13.6. The predicted octanol–water partition coefficient (Wildman–Crippen LogP) is 2.55. The first-order valence-electron chi connectivity index (χ1n) is 8.45. The first-order valence-corrected chi connectivity index (χ1v) is 8.45. The second-order valence-electron chi connectivity index (χ2n) is 6.76. The molecule has 126 valence electrons. The number of piperidine rings is 1. The van der Waals surface area contributed by atoms with Gasteiger partial charge < -0.3 is 15.4 Å². The van der Waals surface area contributed by atoms with Crippen LogP contribution in [0.25, 0.3) is 0 Å². The maximum absolute atomic E-state index is 13.0. The Balaban J connectivity index is 1.46. The molecule has 4 nitrogen and oxygen atoms in total. The van der Waals surface area contributed by atoms with E-state index in [0.29, 0.717) is 31.0 Å². The van der Waals surface area contributed by atoms with Crippen molar-refractivity contribution in [3.8, 4) is 0 Å². The number of fused-ring (bicyclic) bond motifs is 2. The Hall–Kier alpha value is -1.46. The van der Waals surface area contributed by atoms with E-state index in [-0.39, 0.29) is 17.8 Å². The highest BCUT2D eigenvalue weighted by atomic mass is 19.1. The standard InChI is InChI=1S/C18H25FN2O2/c1-23-17(13-2-4-14(19)5-3-13)11-20-18(22)10-12-8-15-6-7-16(9-12)21-15/h2-5,12,15-17,21H,6-11H2,1H3,(H,20,22). The van der Waals surface area contributed by atoms with E-state index in [1.165, 1.54) is 25.0 Å². The molecule has 2 saturated heterocycles. The summed E-state index contributed by atoms with van der Waals surface area (Å²) in [5, 5.41) is 6.56. The van der Waals surface area contributed by atoms with E-state index < -0.39 is 0 Å². The molecule has 23 heavy (non-hydrogen) atoms. The maximum Gasteiger partial charge on any atom is 0.220 e. The smallest absolute Gasteiger partial charge is 0.220 e. The molecule has 5 heteroatoms. The largest absolute Gasteiger partial charge is 0.375 e. The number of carbonyl (C=O) groups excluding carboxylic acids is 1. The fourth-order valence-electron chi connectivity index (χ4n) is 3.90. The number of hydrogen-bond acceptors (Lipinski definition) is 3. The van der Waals surface area contributed by atoms with E-state index in [4.69, 9.17) is 4.74 Å². The zero-order valence-corrected chi connectivity index (χ0v) is 13.6. The van der Waals surface area contributed by atoms with Gasteiger partial charge in [-0.1, -0.05) is 12.1 Å². The summed E-state index contributed by atoms with van der Waals surface area (Å²) in [5.41, 5.74) is 0.870. The molecule has 0 aromatic heterocycles. The van der Waals surface area contributed by atoms with Crippen molar-refractivity contribution >= 4 is 5.91 Å². The third-order valence-electron chi connectivity index (χ3n) is 5.06. The van der Waals surface area contributed by atoms with Crippen molar-refractivity contribution in [3.63, 3.8) is 0 Å². The van der Waals surface area contributed by atoms with Crippen molar-refractivity contribution in [1.29, 1.82) is 0 Å². The first-order chi connectivity index (χ1) is 11.1. The van der Waals surface area contributed by atoms with Gasteiger partial charge in [-0.3, -0.25) is 4.79 Å². The van der Waals surface area contributed by atoms with Gasteiger partial charge in [0.1, 0.15) is 5.82 Å². The molecule has 3 atom stereocenters. The summed E-state index contributed by atoms with van der Waals surface area (Å²) in [4.78, 5) is 12.2. The van der Waals surface area contributed by atoms with E-state index in [1.54, 1.807) is 19.2 Å².